The van der Waals surface area contributed by atoms with Crippen LogP contribution in [0.25, 0.3) is 0 Å². The number of carbonyl (C=O) groups is 3. The van der Waals surface area contributed by atoms with Gasteiger partial charge in [0, 0.05) is 19.3 Å². The Morgan fingerprint density at radius 1 is 0.275 bits per heavy atom. The van der Waals surface area contributed by atoms with Gasteiger partial charge >= 0.3 is 17.9 Å². The predicted octanol–water partition coefficient (Wildman–Crippen LogP) is 20.9. The molecule has 0 saturated heterocycles. The van der Waals surface area contributed by atoms with E-state index in [9.17, 15) is 14.4 Å². The first-order valence-electron chi connectivity index (χ1n) is 31.2. The third-order valence-electron chi connectivity index (χ3n) is 14.3. The van der Waals surface area contributed by atoms with Gasteiger partial charge in [-0.25, -0.2) is 0 Å². The van der Waals surface area contributed by atoms with Crippen LogP contribution in [-0.4, -0.2) is 37.2 Å². The SMILES string of the molecule is CCCCCCCCCC/C=C\CCCCCCCCCCCCCCCC(=O)OCC(COC(=O)CCCCCCC)OC(=O)CCCCCCCCCCCCCCCCCCCCCCC. The van der Waals surface area contributed by atoms with Crippen molar-refractivity contribution >= 4 is 17.9 Å². The van der Waals surface area contributed by atoms with E-state index >= 15 is 0 Å². The van der Waals surface area contributed by atoms with Crippen LogP contribution in [0.3, 0.4) is 0 Å². The summed E-state index contributed by atoms with van der Waals surface area (Å²) < 4.78 is 16.8. The van der Waals surface area contributed by atoms with Gasteiger partial charge in [0.2, 0.25) is 0 Å². The van der Waals surface area contributed by atoms with Gasteiger partial charge in [-0.05, 0) is 44.9 Å². The molecular weight excluding hydrogens is 853 g/mol. The summed E-state index contributed by atoms with van der Waals surface area (Å²) in [5, 5.41) is 0. The van der Waals surface area contributed by atoms with Crippen LogP contribution in [0, 0.1) is 0 Å². The van der Waals surface area contributed by atoms with Crippen LogP contribution < -0.4 is 0 Å². The minimum atomic E-state index is -0.762. The van der Waals surface area contributed by atoms with Crippen LogP contribution in [-0.2, 0) is 28.6 Å². The maximum Gasteiger partial charge on any atom is 0.306 e. The molecule has 6 heteroatoms. The number of ether oxygens (including phenoxy) is 3. The predicted molar refractivity (Wildman–Crippen MR) is 298 cm³/mol. The van der Waals surface area contributed by atoms with Gasteiger partial charge in [0.25, 0.3) is 0 Å². The molecule has 0 radical (unpaired) electrons. The van der Waals surface area contributed by atoms with Gasteiger partial charge < -0.3 is 14.2 Å². The smallest absolute Gasteiger partial charge is 0.306 e. The average molecular weight is 974 g/mol. The van der Waals surface area contributed by atoms with Crippen LogP contribution in [0.5, 0.6) is 0 Å². The topological polar surface area (TPSA) is 78.9 Å². The van der Waals surface area contributed by atoms with Gasteiger partial charge in [0.05, 0.1) is 0 Å². The summed E-state index contributed by atoms with van der Waals surface area (Å²) in [6.07, 6.45) is 68.4. The third kappa shape index (κ3) is 56.9. The van der Waals surface area contributed by atoms with Gasteiger partial charge in [-0.2, -0.15) is 0 Å². The van der Waals surface area contributed by atoms with Crippen molar-refractivity contribution in [2.75, 3.05) is 13.2 Å². The Labute approximate surface area is 431 Å². The zero-order valence-electron chi connectivity index (χ0n) is 46.9. The van der Waals surface area contributed by atoms with E-state index < -0.39 is 6.10 Å². The highest BCUT2D eigenvalue weighted by molar-refractivity contribution is 5.71. The molecule has 69 heavy (non-hydrogen) atoms. The molecule has 0 aliphatic carbocycles. The third-order valence-corrected chi connectivity index (χ3v) is 14.3. The fraction of sp³-hybridized carbons (Fsp3) is 0.921. The molecule has 0 rings (SSSR count). The first-order valence-corrected chi connectivity index (χ1v) is 31.2. The van der Waals surface area contributed by atoms with E-state index in [2.05, 4.69) is 32.9 Å². The number of hydrogen-bond donors (Lipinski definition) is 0. The highest BCUT2D eigenvalue weighted by atomic mass is 16.6. The van der Waals surface area contributed by atoms with Gasteiger partial charge in [-0.1, -0.05) is 303 Å². The summed E-state index contributed by atoms with van der Waals surface area (Å²) in [6, 6.07) is 0. The Hall–Kier alpha value is -1.85. The molecule has 0 aromatic rings. The molecule has 0 bridgehead atoms. The summed E-state index contributed by atoms with van der Waals surface area (Å²) in [7, 11) is 0. The van der Waals surface area contributed by atoms with Crippen molar-refractivity contribution in [3.8, 4) is 0 Å². The lowest BCUT2D eigenvalue weighted by molar-refractivity contribution is -0.167. The lowest BCUT2D eigenvalue weighted by Gasteiger charge is -2.18. The molecule has 1 unspecified atom stereocenters. The number of unbranched alkanes of at least 4 members (excludes halogenated alkanes) is 45. The second kappa shape index (κ2) is 58.7. The molecular formula is C63H120O6. The normalized spacial score (nSPS) is 12.0. The second-order valence-electron chi connectivity index (χ2n) is 21.3. The Kier molecular flexibility index (Phi) is 57.1. The molecule has 6 nitrogen and oxygen atoms in total. The quantitative estimate of drug-likeness (QED) is 0.0261. The van der Waals surface area contributed by atoms with E-state index in [1.807, 2.05) is 0 Å². The monoisotopic (exact) mass is 973 g/mol. The largest absolute Gasteiger partial charge is 0.462 e. The summed E-state index contributed by atoms with van der Waals surface area (Å²) in [5.74, 6) is -0.854. The molecule has 0 aliphatic heterocycles. The Bertz CT molecular complexity index is 1070. The van der Waals surface area contributed by atoms with Crippen molar-refractivity contribution < 1.29 is 28.6 Å². The summed E-state index contributed by atoms with van der Waals surface area (Å²) >= 11 is 0. The van der Waals surface area contributed by atoms with Gasteiger partial charge in [0.15, 0.2) is 6.10 Å². The molecule has 408 valence electrons. The molecule has 0 heterocycles. The van der Waals surface area contributed by atoms with Crippen molar-refractivity contribution in [3.63, 3.8) is 0 Å². The Morgan fingerprint density at radius 3 is 0.725 bits per heavy atom. The summed E-state index contributed by atoms with van der Waals surface area (Å²) in [5.41, 5.74) is 0. The Balaban J connectivity index is 3.98. The van der Waals surface area contributed by atoms with Gasteiger partial charge in [-0.3, -0.25) is 14.4 Å². The van der Waals surface area contributed by atoms with Crippen molar-refractivity contribution in [2.24, 2.45) is 0 Å². The standard InChI is InChI=1S/C63H120O6/c1-4-7-10-13-15-17-19-21-23-25-27-29-30-31-32-34-35-37-39-41-43-45-47-50-53-56-62(65)68-59-60(58-67-61(64)55-52-49-12-9-6-3)69-63(66)57-54-51-48-46-44-42-40-38-36-33-28-26-24-22-20-18-16-14-11-8-5-2/h25,27,60H,4-24,26,28-59H2,1-3H3/b27-25-. The minimum Gasteiger partial charge on any atom is -0.462 e. The highest BCUT2D eigenvalue weighted by Gasteiger charge is 2.19. The fourth-order valence-electron chi connectivity index (χ4n) is 9.56. The molecule has 0 N–H and O–H groups in total. The van der Waals surface area contributed by atoms with Crippen molar-refractivity contribution in [1.82, 2.24) is 0 Å². The van der Waals surface area contributed by atoms with Crippen LogP contribution in [0.4, 0.5) is 0 Å². The molecule has 0 saturated carbocycles. The van der Waals surface area contributed by atoms with Crippen LogP contribution in [0.1, 0.15) is 355 Å². The second-order valence-corrected chi connectivity index (χ2v) is 21.3. The number of carbonyl (C=O) groups excluding carboxylic acids is 3. The zero-order valence-corrected chi connectivity index (χ0v) is 46.9. The number of rotatable bonds is 58. The van der Waals surface area contributed by atoms with Crippen LogP contribution >= 0.6 is 0 Å². The van der Waals surface area contributed by atoms with E-state index in [1.54, 1.807) is 0 Å². The van der Waals surface area contributed by atoms with Crippen molar-refractivity contribution in [1.29, 1.82) is 0 Å². The summed E-state index contributed by atoms with van der Waals surface area (Å²) in [6.45, 7) is 6.62. The first-order chi connectivity index (χ1) is 34.0. The van der Waals surface area contributed by atoms with Crippen molar-refractivity contribution in [2.45, 2.75) is 361 Å². The van der Waals surface area contributed by atoms with Crippen LogP contribution in [0.2, 0.25) is 0 Å². The lowest BCUT2D eigenvalue weighted by Crippen LogP contribution is -2.30. The first kappa shape index (κ1) is 67.1. The van der Waals surface area contributed by atoms with Gasteiger partial charge in [0.1, 0.15) is 13.2 Å². The lowest BCUT2D eigenvalue weighted by atomic mass is 10.0. The van der Waals surface area contributed by atoms with E-state index in [0.717, 1.165) is 64.2 Å². The number of esters is 3. The maximum absolute atomic E-state index is 12.8. The van der Waals surface area contributed by atoms with E-state index in [1.165, 1.54) is 250 Å². The highest BCUT2D eigenvalue weighted by Crippen LogP contribution is 2.18. The van der Waals surface area contributed by atoms with Crippen molar-refractivity contribution in [3.05, 3.63) is 12.2 Å². The molecule has 0 spiro atoms. The molecule has 0 aromatic heterocycles. The van der Waals surface area contributed by atoms with E-state index in [0.29, 0.717) is 19.3 Å². The molecule has 0 fully saturated rings. The number of allylic oxidation sites excluding steroid dienone is 2. The van der Waals surface area contributed by atoms with Gasteiger partial charge in [-0.15, -0.1) is 0 Å². The molecule has 0 aromatic carbocycles. The molecule has 1 atom stereocenters. The summed E-state index contributed by atoms with van der Waals surface area (Å²) in [4.78, 5) is 37.9. The maximum atomic E-state index is 12.8. The molecule has 0 aliphatic rings. The number of hydrogen-bond acceptors (Lipinski definition) is 6. The van der Waals surface area contributed by atoms with Crippen LogP contribution in [0.15, 0.2) is 12.2 Å². The average Bonchev–Trinajstić information content (AvgIpc) is 3.35. The minimum absolute atomic E-state index is 0.0650. The molecule has 0 amide bonds. The Morgan fingerprint density at radius 2 is 0.478 bits per heavy atom. The van der Waals surface area contributed by atoms with E-state index in [4.69, 9.17) is 14.2 Å². The van der Waals surface area contributed by atoms with E-state index in [-0.39, 0.29) is 31.1 Å². The fourth-order valence-corrected chi connectivity index (χ4v) is 9.56. The zero-order chi connectivity index (χ0) is 50.0.